The maximum atomic E-state index is 11.3. The summed E-state index contributed by atoms with van der Waals surface area (Å²) in [6, 6.07) is 0. The van der Waals surface area contributed by atoms with Crippen LogP contribution in [0.5, 0.6) is 0 Å². The van der Waals surface area contributed by atoms with E-state index in [4.69, 9.17) is 0 Å². The van der Waals surface area contributed by atoms with Gasteiger partial charge in [-0.25, -0.2) is 4.68 Å². The van der Waals surface area contributed by atoms with Crippen molar-refractivity contribution in [2.75, 3.05) is 0 Å². The SMILES string of the molecule is Cc1nn(C)c(SC(C)(C)C)nc1=O.Cc1nnc(SC(C)(C)C)s1. The number of thioether (sulfide) groups is 2. The van der Waals surface area contributed by atoms with Gasteiger partial charge in [0.15, 0.2) is 9.50 Å². The average Bonchev–Trinajstić information content (AvgIpc) is 2.78. The largest absolute Gasteiger partial charge is 0.295 e. The van der Waals surface area contributed by atoms with Gasteiger partial charge in [-0.1, -0.05) is 76.4 Å². The van der Waals surface area contributed by atoms with E-state index in [1.54, 1.807) is 41.8 Å². The lowest BCUT2D eigenvalue weighted by atomic mass is 10.3. The summed E-state index contributed by atoms with van der Waals surface area (Å²) in [5, 5.41) is 13.8. The summed E-state index contributed by atoms with van der Waals surface area (Å²) in [5.74, 6) is 0. The van der Waals surface area contributed by atoms with E-state index in [1.165, 1.54) is 11.8 Å². The molecule has 2 heterocycles. The molecule has 0 saturated carbocycles. The van der Waals surface area contributed by atoms with Gasteiger partial charge in [-0.15, -0.1) is 10.2 Å². The Morgan fingerprint density at radius 3 is 1.96 bits per heavy atom. The molecule has 0 bridgehead atoms. The Morgan fingerprint density at radius 2 is 1.52 bits per heavy atom. The molecule has 0 aliphatic heterocycles. The van der Waals surface area contributed by atoms with Crippen LogP contribution in [0.15, 0.2) is 14.3 Å². The Hall–Kier alpha value is -0.930. The van der Waals surface area contributed by atoms with Gasteiger partial charge in [-0.3, -0.25) is 4.79 Å². The minimum absolute atomic E-state index is 0.0359. The molecule has 0 spiro atoms. The van der Waals surface area contributed by atoms with Gasteiger partial charge in [0.25, 0.3) is 5.56 Å². The Labute approximate surface area is 162 Å². The summed E-state index contributed by atoms with van der Waals surface area (Å²) in [7, 11) is 1.80. The van der Waals surface area contributed by atoms with Gasteiger partial charge in [0.2, 0.25) is 0 Å². The number of aromatic nitrogens is 5. The molecule has 0 atom stereocenters. The monoisotopic (exact) mass is 401 g/mol. The van der Waals surface area contributed by atoms with Crippen molar-refractivity contribution in [3.8, 4) is 0 Å². The second kappa shape index (κ2) is 8.64. The number of hydrogen-bond acceptors (Lipinski definition) is 8. The highest BCUT2D eigenvalue weighted by Crippen LogP contribution is 2.33. The summed E-state index contributed by atoms with van der Waals surface area (Å²) in [4.78, 5) is 15.2. The predicted molar refractivity (Wildman–Crippen MR) is 108 cm³/mol. The molecule has 2 aromatic heterocycles. The molecule has 2 aromatic rings. The van der Waals surface area contributed by atoms with Crippen molar-refractivity contribution >= 4 is 34.9 Å². The smallest absolute Gasteiger partial charge is 0.265 e. The highest BCUT2D eigenvalue weighted by molar-refractivity contribution is 8.02. The fourth-order valence-corrected chi connectivity index (χ4v) is 4.64. The van der Waals surface area contributed by atoms with E-state index in [2.05, 4.69) is 61.8 Å². The Balaban J connectivity index is 0.000000257. The third-order valence-electron chi connectivity index (χ3n) is 2.38. The van der Waals surface area contributed by atoms with Gasteiger partial charge in [0.1, 0.15) is 10.7 Å². The summed E-state index contributed by atoms with van der Waals surface area (Å²) < 4.78 is 2.99. The molecule has 6 nitrogen and oxygen atoms in total. The van der Waals surface area contributed by atoms with E-state index >= 15 is 0 Å². The molecular formula is C16H27N5OS3. The number of aryl methyl sites for hydroxylation is 3. The van der Waals surface area contributed by atoms with E-state index in [0.29, 0.717) is 10.9 Å². The fraction of sp³-hybridized carbons (Fsp3) is 0.688. The van der Waals surface area contributed by atoms with Crippen molar-refractivity contribution in [3.05, 3.63) is 21.1 Å². The average molecular weight is 402 g/mol. The van der Waals surface area contributed by atoms with Crippen molar-refractivity contribution in [3.63, 3.8) is 0 Å². The van der Waals surface area contributed by atoms with Crippen molar-refractivity contribution < 1.29 is 0 Å². The third-order valence-corrected chi connectivity index (χ3v) is 5.53. The van der Waals surface area contributed by atoms with Gasteiger partial charge >= 0.3 is 0 Å². The van der Waals surface area contributed by atoms with Crippen LogP contribution in [-0.4, -0.2) is 34.5 Å². The molecule has 0 aliphatic rings. The lowest BCUT2D eigenvalue weighted by molar-refractivity contribution is 0.593. The number of nitrogens with zero attached hydrogens (tertiary/aromatic N) is 5. The molecule has 0 amide bonds. The minimum Gasteiger partial charge on any atom is -0.265 e. The highest BCUT2D eigenvalue weighted by atomic mass is 32.2. The van der Waals surface area contributed by atoms with Crippen LogP contribution in [0.3, 0.4) is 0 Å². The van der Waals surface area contributed by atoms with E-state index in [0.717, 1.165) is 9.35 Å². The number of hydrogen-bond donors (Lipinski definition) is 0. The summed E-state index contributed by atoms with van der Waals surface area (Å²) in [6.45, 7) is 16.4. The van der Waals surface area contributed by atoms with Crippen molar-refractivity contribution in [1.82, 2.24) is 25.0 Å². The van der Waals surface area contributed by atoms with Crippen LogP contribution in [0.25, 0.3) is 0 Å². The first-order valence-corrected chi connectivity index (χ1v) is 10.3. The van der Waals surface area contributed by atoms with E-state index in [-0.39, 0.29) is 15.1 Å². The standard InChI is InChI=1S/C9H15N3OS.C7H12N2S2/c1-6-7(13)10-8(12(5)11-6)14-9(2,3)4;1-5-8-9-6(10-5)11-7(2,3)4/h1-5H3;1-4H3. The molecule has 0 aliphatic carbocycles. The summed E-state index contributed by atoms with van der Waals surface area (Å²) in [5.41, 5.74) is 0.195. The molecular weight excluding hydrogens is 374 g/mol. The van der Waals surface area contributed by atoms with Gasteiger partial charge in [0.05, 0.1) is 0 Å². The molecule has 0 N–H and O–H groups in total. The van der Waals surface area contributed by atoms with Gasteiger partial charge in [0, 0.05) is 16.5 Å². The lowest BCUT2D eigenvalue weighted by Crippen LogP contribution is -2.21. The van der Waals surface area contributed by atoms with Crippen LogP contribution < -0.4 is 5.56 Å². The van der Waals surface area contributed by atoms with E-state index in [1.807, 2.05) is 6.92 Å². The van der Waals surface area contributed by atoms with Crippen LogP contribution in [0.4, 0.5) is 0 Å². The van der Waals surface area contributed by atoms with Crippen LogP contribution >= 0.6 is 34.9 Å². The van der Waals surface area contributed by atoms with Gasteiger partial charge < -0.3 is 0 Å². The van der Waals surface area contributed by atoms with Crippen LogP contribution in [0.1, 0.15) is 52.2 Å². The van der Waals surface area contributed by atoms with Crippen LogP contribution in [0, 0.1) is 13.8 Å². The van der Waals surface area contributed by atoms with Crippen molar-refractivity contribution in [2.45, 2.75) is 74.4 Å². The van der Waals surface area contributed by atoms with Gasteiger partial charge in [-0.2, -0.15) is 10.1 Å². The molecule has 0 unspecified atom stereocenters. The van der Waals surface area contributed by atoms with E-state index < -0.39 is 0 Å². The first kappa shape index (κ1) is 22.1. The topological polar surface area (TPSA) is 73.6 Å². The van der Waals surface area contributed by atoms with Gasteiger partial charge in [-0.05, 0) is 13.8 Å². The highest BCUT2D eigenvalue weighted by Gasteiger charge is 2.16. The molecule has 140 valence electrons. The zero-order valence-electron chi connectivity index (χ0n) is 16.4. The first-order chi connectivity index (χ1) is 11.3. The molecule has 0 radical (unpaired) electrons. The minimum atomic E-state index is -0.241. The molecule has 0 fully saturated rings. The molecule has 0 saturated heterocycles. The summed E-state index contributed by atoms with van der Waals surface area (Å²) >= 11 is 4.96. The third kappa shape index (κ3) is 8.82. The normalized spacial score (nSPS) is 11.9. The number of rotatable bonds is 2. The molecule has 9 heteroatoms. The lowest BCUT2D eigenvalue weighted by Gasteiger charge is -2.17. The van der Waals surface area contributed by atoms with Crippen LogP contribution in [-0.2, 0) is 7.05 Å². The quantitative estimate of drug-likeness (QED) is 0.701. The second-order valence-electron chi connectivity index (χ2n) is 7.42. The van der Waals surface area contributed by atoms with Crippen molar-refractivity contribution in [1.29, 1.82) is 0 Å². The van der Waals surface area contributed by atoms with E-state index in [9.17, 15) is 4.79 Å². The van der Waals surface area contributed by atoms with Crippen LogP contribution in [0.2, 0.25) is 0 Å². The predicted octanol–water partition coefficient (Wildman–Crippen LogP) is 4.11. The molecule has 25 heavy (non-hydrogen) atoms. The Morgan fingerprint density at radius 1 is 0.960 bits per heavy atom. The maximum absolute atomic E-state index is 11.3. The molecule has 2 rings (SSSR count). The Bertz CT molecular complexity index is 756. The first-order valence-electron chi connectivity index (χ1n) is 7.87. The second-order valence-corrected chi connectivity index (χ2v) is 12.5. The molecule has 0 aromatic carbocycles. The fourth-order valence-electron chi connectivity index (χ4n) is 1.50. The zero-order valence-corrected chi connectivity index (χ0v) is 18.8. The maximum Gasteiger partial charge on any atom is 0.295 e. The Kier molecular flexibility index (Phi) is 7.64. The summed E-state index contributed by atoms with van der Waals surface area (Å²) in [6.07, 6.45) is 0. The zero-order chi connectivity index (χ0) is 19.4. The van der Waals surface area contributed by atoms with Crippen molar-refractivity contribution in [2.24, 2.45) is 7.05 Å².